The minimum atomic E-state index is -4.60. The molecule has 1 aromatic carbocycles. The topological polar surface area (TPSA) is 41.1 Å². The predicted molar refractivity (Wildman–Crippen MR) is 78.8 cm³/mol. The fraction of sp³-hybridized carbons (Fsp3) is 0.417. The van der Waals surface area contributed by atoms with Crippen molar-refractivity contribution in [3.63, 3.8) is 0 Å². The normalized spacial score (nSPS) is 22.9. The van der Waals surface area contributed by atoms with Gasteiger partial charge in [0.25, 0.3) is 0 Å². The van der Waals surface area contributed by atoms with Gasteiger partial charge in [-0.05, 0) is 53.8 Å². The highest BCUT2D eigenvalue weighted by Crippen LogP contribution is 2.44. The summed E-state index contributed by atoms with van der Waals surface area (Å²) in [5.74, 6) is -1.07. The second kappa shape index (κ2) is 5.69. The lowest BCUT2D eigenvalue weighted by molar-refractivity contribution is -0.213. The van der Waals surface area contributed by atoms with Gasteiger partial charge in [-0.2, -0.15) is 13.2 Å². The van der Waals surface area contributed by atoms with Crippen LogP contribution in [0.4, 0.5) is 18.9 Å². The molecule has 1 unspecified atom stereocenters. The lowest BCUT2D eigenvalue weighted by Gasteiger charge is -2.29. The maximum absolute atomic E-state index is 13.2. The summed E-state index contributed by atoms with van der Waals surface area (Å²) < 4.78 is 40.4. The van der Waals surface area contributed by atoms with Crippen molar-refractivity contribution in [3.8, 4) is 0 Å². The van der Waals surface area contributed by atoms with E-state index < -0.39 is 24.0 Å². The molecule has 0 radical (unpaired) electrons. The Balaban J connectivity index is 2.26. The van der Waals surface area contributed by atoms with Crippen molar-refractivity contribution in [2.24, 2.45) is 5.41 Å². The lowest BCUT2D eigenvalue weighted by Crippen LogP contribution is -2.49. The third kappa shape index (κ3) is 2.89. The molecule has 1 aliphatic rings. The number of hydrogen-bond donors (Lipinski definition) is 2. The molecule has 20 heavy (non-hydrogen) atoms. The van der Waals surface area contributed by atoms with Crippen molar-refractivity contribution in [2.75, 3.05) is 18.4 Å². The molecule has 0 aliphatic carbocycles. The molecule has 2 rings (SSSR count). The zero-order chi connectivity index (χ0) is 15.0. The molecule has 2 N–H and O–H groups in total. The van der Waals surface area contributed by atoms with Crippen LogP contribution in [-0.4, -0.2) is 25.2 Å². The van der Waals surface area contributed by atoms with Gasteiger partial charge in [-0.15, -0.1) is 0 Å². The smallest absolute Gasteiger partial charge is 0.324 e. The third-order valence-electron chi connectivity index (χ3n) is 3.31. The minimum Gasteiger partial charge on any atom is -0.324 e. The Labute approximate surface area is 132 Å². The van der Waals surface area contributed by atoms with Gasteiger partial charge in [0.15, 0.2) is 5.41 Å². The van der Waals surface area contributed by atoms with E-state index in [1.807, 2.05) is 22.6 Å². The average molecular weight is 419 g/mol. The SMILES string of the molecule is O=C(Nc1ccc(I)cc1Cl)C1(C(F)(F)F)CCNC1. The van der Waals surface area contributed by atoms with E-state index in [4.69, 9.17) is 11.6 Å². The molecule has 1 fully saturated rings. The first-order chi connectivity index (χ1) is 9.26. The molecule has 1 heterocycles. The number of carbonyl (C=O) groups is 1. The number of benzene rings is 1. The van der Waals surface area contributed by atoms with E-state index in [-0.39, 0.29) is 23.7 Å². The highest BCUT2D eigenvalue weighted by molar-refractivity contribution is 14.1. The van der Waals surface area contributed by atoms with E-state index in [0.717, 1.165) is 3.57 Å². The van der Waals surface area contributed by atoms with E-state index in [9.17, 15) is 18.0 Å². The Morgan fingerprint density at radius 3 is 2.65 bits per heavy atom. The number of hydrogen-bond acceptors (Lipinski definition) is 2. The molecular weight excluding hydrogens is 407 g/mol. The zero-order valence-corrected chi connectivity index (χ0v) is 13.1. The first-order valence-corrected chi connectivity index (χ1v) is 7.26. The number of carbonyl (C=O) groups excluding carboxylic acids is 1. The van der Waals surface area contributed by atoms with E-state index >= 15 is 0 Å². The Bertz CT molecular complexity index is 530. The summed E-state index contributed by atoms with van der Waals surface area (Å²) in [4.78, 5) is 12.1. The quantitative estimate of drug-likeness (QED) is 0.723. The fourth-order valence-corrected chi connectivity index (χ4v) is 2.99. The molecule has 0 saturated carbocycles. The largest absolute Gasteiger partial charge is 0.404 e. The van der Waals surface area contributed by atoms with E-state index in [1.54, 1.807) is 12.1 Å². The van der Waals surface area contributed by atoms with Crippen LogP contribution in [0, 0.1) is 8.99 Å². The van der Waals surface area contributed by atoms with Crippen LogP contribution < -0.4 is 10.6 Å². The first kappa shape index (κ1) is 15.8. The number of anilines is 1. The monoisotopic (exact) mass is 418 g/mol. The summed E-state index contributed by atoms with van der Waals surface area (Å²) >= 11 is 7.95. The Morgan fingerprint density at radius 1 is 1.45 bits per heavy atom. The molecule has 0 aromatic heterocycles. The fourth-order valence-electron chi connectivity index (χ4n) is 2.09. The Morgan fingerprint density at radius 2 is 2.15 bits per heavy atom. The van der Waals surface area contributed by atoms with E-state index in [1.165, 1.54) is 6.07 Å². The van der Waals surface area contributed by atoms with Gasteiger partial charge < -0.3 is 10.6 Å². The molecule has 1 atom stereocenters. The second-order valence-corrected chi connectivity index (χ2v) is 6.24. The molecule has 1 aromatic rings. The highest BCUT2D eigenvalue weighted by atomic mass is 127. The second-order valence-electron chi connectivity index (χ2n) is 4.58. The molecule has 1 aliphatic heterocycles. The predicted octanol–water partition coefficient (Wildman–Crippen LogP) is 3.43. The van der Waals surface area contributed by atoms with Gasteiger partial charge in [0.05, 0.1) is 10.7 Å². The first-order valence-electron chi connectivity index (χ1n) is 5.80. The van der Waals surface area contributed by atoms with Crippen LogP contribution in [0.5, 0.6) is 0 Å². The molecular formula is C12H11ClF3IN2O. The maximum Gasteiger partial charge on any atom is 0.404 e. The van der Waals surface area contributed by atoms with Gasteiger partial charge in [-0.25, -0.2) is 0 Å². The molecule has 3 nitrogen and oxygen atoms in total. The van der Waals surface area contributed by atoms with Crippen LogP contribution >= 0.6 is 34.2 Å². The molecule has 1 amide bonds. The van der Waals surface area contributed by atoms with Gasteiger partial charge in [0.2, 0.25) is 5.91 Å². The van der Waals surface area contributed by atoms with Crippen molar-refractivity contribution < 1.29 is 18.0 Å². The van der Waals surface area contributed by atoms with Crippen molar-refractivity contribution in [1.29, 1.82) is 0 Å². The lowest BCUT2D eigenvalue weighted by atomic mass is 9.85. The molecule has 0 bridgehead atoms. The van der Waals surface area contributed by atoms with Gasteiger partial charge in [0, 0.05) is 10.1 Å². The zero-order valence-electron chi connectivity index (χ0n) is 10.2. The van der Waals surface area contributed by atoms with Crippen molar-refractivity contribution in [3.05, 3.63) is 26.8 Å². The summed E-state index contributed by atoms with van der Waals surface area (Å²) in [5.41, 5.74) is -2.20. The standard InChI is InChI=1S/C12H11ClF3IN2O/c13-8-5-7(17)1-2-9(8)19-10(20)11(12(14,15)16)3-4-18-6-11/h1-2,5,18H,3-4,6H2,(H,19,20). The van der Waals surface area contributed by atoms with Crippen LogP contribution in [0.25, 0.3) is 0 Å². The van der Waals surface area contributed by atoms with Gasteiger partial charge >= 0.3 is 6.18 Å². The van der Waals surface area contributed by atoms with Crippen LogP contribution in [0.15, 0.2) is 18.2 Å². The van der Waals surface area contributed by atoms with Crippen molar-refractivity contribution in [1.82, 2.24) is 5.32 Å². The van der Waals surface area contributed by atoms with Gasteiger partial charge in [0.1, 0.15) is 0 Å². The average Bonchev–Trinajstić information content (AvgIpc) is 2.82. The van der Waals surface area contributed by atoms with Crippen molar-refractivity contribution >= 4 is 45.8 Å². The van der Waals surface area contributed by atoms with E-state index in [0.29, 0.717) is 0 Å². The molecule has 1 saturated heterocycles. The summed E-state index contributed by atoms with van der Waals surface area (Å²) in [6.07, 6.45) is -4.87. The maximum atomic E-state index is 13.2. The number of halogens is 5. The molecule has 110 valence electrons. The van der Waals surface area contributed by atoms with Crippen molar-refractivity contribution in [2.45, 2.75) is 12.6 Å². The van der Waals surface area contributed by atoms with Gasteiger partial charge in [-0.1, -0.05) is 11.6 Å². The summed E-state index contributed by atoms with van der Waals surface area (Å²) in [6.45, 7) is -0.252. The number of alkyl halides is 3. The van der Waals surface area contributed by atoms with Crippen LogP contribution in [0.2, 0.25) is 5.02 Å². The minimum absolute atomic E-state index is 0.160. The molecule has 0 spiro atoms. The third-order valence-corrected chi connectivity index (χ3v) is 4.30. The molecule has 8 heteroatoms. The Hall–Kier alpha value is -0.540. The summed E-state index contributed by atoms with van der Waals surface area (Å²) in [6, 6.07) is 4.73. The van der Waals surface area contributed by atoms with E-state index in [2.05, 4.69) is 10.6 Å². The summed E-state index contributed by atoms with van der Waals surface area (Å²) in [5, 5.41) is 5.10. The number of amides is 1. The van der Waals surface area contributed by atoms with Crippen LogP contribution in [0.3, 0.4) is 0 Å². The van der Waals surface area contributed by atoms with Gasteiger partial charge in [-0.3, -0.25) is 4.79 Å². The van der Waals surface area contributed by atoms with Crippen LogP contribution in [-0.2, 0) is 4.79 Å². The Kier molecular flexibility index (Phi) is 4.50. The van der Waals surface area contributed by atoms with Crippen LogP contribution in [0.1, 0.15) is 6.42 Å². The highest BCUT2D eigenvalue weighted by Gasteiger charge is 2.61. The number of nitrogens with one attached hydrogen (secondary N) is 2. The number of rotatable bonds is 2. The summed E-state index contributed by atoms with van der Waals surface area (Å²) in [7, 11) is 0.